The number of rotatable bonds is 5. The number of benzene rings is 1. The summed E-state index contributed by atoms with van der Waals surface area (Å²) in [6.07, 6.45) is 3.01. The van der Waals surface area contributed by atoms with Crippen molar-refractivity contribution in [2.45, 2.75) is 32.4 Å². The normalized spacial score (nSPS) is 17.4. The lowest BCUT2D eigenvalue weighted by Crippen LogP contribution is -2.45. The number of hydrogen-bond acceptors (Lipinski definition) is 5. The SMILES string of the molecule is CCCCc1ccc(N2C(S)=C(C#N)C(=O)NC2c2cccs2)cc1. The molecule has 1 aromatic heterocycles. The summed E-state index contributed by atoms with van der Waals surface area (Å²) in [7, 11) is 0. The van der Waals surface area contributed by atoms with Gasteiger partial charge in [-0.25, -0.2) is 0 Å². The largest absolute Gasteiger partial charge is 0.326 e. The molecule has 1 aliphatic heterocycles. The van der Waals surface area contributed by atoms with Crippen LogP contribution in [0.15, 0.2) is 52.4 Å². The second-order valence-corrected chi connectivity index (χ2v) is 7.24. The molecule has 1 atom stereocenters. The summed E-state index contributed by atoms with van der Waals surface area (Å²) in [4.78, 5) is 15.1. The van der Waals surface area contributed by atoms with Gasteiger partial charge in [0.25, 0.3) is 5.91 Å². The van der Waals surface area contributed by atoms with Crippen LogP contribution in [0.4, 0.5) is 5.69 Å². The van der Waals surface area contributed by atoms with Gasteiger partial charge in [0, 0.05) is 10.6 Å². The number of thiophene rings is 1. The fourth-order valence-corrected chi connectivity index (χ4v) is 3.97. The van der Waals surface area contributed by atoms with E-state index in [1.54, 1.807) is 11.3 Å². The smallest absolute Gasteiger partial charge is 0.266 e. The number of carbonyl (C=O) groups is 1. The number of nitrogens with one attached hydrogen (secondary N) is 1. The topological polar surface area (TPSA) is 56.1 Å². The molecule has 0 aliphatic carbocycles. The van der Waals surface area contributed by atoms with Crippen molar-refractivity contribution < 1.29 is 4.79 Å². The van der Waals surface area contributed by atoms with Crippen molar-refractivity contribution in [2.24, 2.45) is 0 Å². The van der Waals surface area contributed by atoms with Crippen molar-refractivity contribution >= 4 is 35.6 Å². The Morgan fingerprint density at radius 3 is 2.68 bits per heavy atom. The van der Waals surface area contributed by atoms with Crippen LogP contribution >= 0.6 is 24.0 Å². The zero-order valence-electron chi connectivity index (χ0n) is 13.9. The molecule has 1 unspecified atom stereocenters. The second-order valence-electron chi connectivity index (χ2n) is 5.84. The number of anilines is 1. The zero-order valence-corrected chi connectivity index (χ0v) is 15.6. The minimum absolute atomic E-state index is 0.0335. The molecular formula is C19H19N3OS2. The summed E-state index contributed by atoms with van der Waals surface area (Å²) >= 11 is 6.06. The van der Waals surface area contributed by atoms with Gasteiger partial charge >= 0.3 is 0 Å². The van der Waals surface area contributed by atoms with Gasteiger partial charge in [0.05, 0.1) is 5.03 Å². The lowest BCUT2D eigenvalue weighted by atomic mass is 10.1. The van der Waals surface area contributed by atoms with Crippen LogP contribution < -0.4 is 10.2 Å². The molecule has 0 fully saturated rings. The van der Waals surface area contributed by atoms with Gasteiger partial charge in [0.1, 0.15) is 17.8 Å². The van der Waals surface area contributed by atoms with Crippen molar-refractivity contribution in [3.63, 3.8) is 0 Å². The quantitative estimate of drug-likeness (QED) is 0.769. The third kappa shape index (κ3) is 3.58. The van der Waals surface area contributed by atoms with Crippen LogP contribution in [-0.2, 0) is 11.2 Å². The number of hydrogen-bond donors (Lipinski definition) is 2. The molecule has 1 aliphatic rings. The summed E-state index contributed by atoms with van der Waals surface area (Å²) in [6, 6.07) is 14.1. The van der Waals surface area contributed by atoms with Crippen LogP contribution in [0, 0.1) is 11.3 Å². The summed E-state index contributed by atoms with van der Waals surface area (Å²) < 4.78 is 0. The van der Waals surface area contributed by atoms with E-state index in [0.29, 0.717) is 5.03 Å². The molecule has 0 spiro atoms. The van der Waals surface area contributed by atoms with E-state index >= 15 is 0 Å². The highest BCUT2D eigenvalue weighted by molar-refractivity contribution is 7.84. The highest BCUT2D eigenvalue weighted by atomic mass is 32.1. The number of aryl methyl sites for hydroxylation is 1. The van der Waals surface area contributed by atoms with Gasteiger partial charge in [-0.3, -0.25) is 4.79 Å². The van der Waals surface area contributed by atoms with Crippen molar-refractivity contribution in [1.29, 1.82) is 5.26 Å². The molecule has 0 saturated carbocycles. The van der Waals surface area contributed by atoms with Crippen LogP contribution in [0.2, 0.25) is 0 Å². The van der Waals surface area contributed by atoms with E-state index in [-0.39, 0.29) is 17.6 Å². The Bertz CT molecular complexity index is 819. The molecule has 2 aromatic rings. The van der Waals surface area contributed by atoms with E-state index in [4.69, 9.17) is 0 Å². The Hall–Kier alpha value is -2.23. The second kappa shape index (κ2) is 7.77. The number of nitriles is 1. The standard InChI is InChI=1S/C19H19N3OS2/c1-2-3-5-13-7-9-14(10-8-13)22-17(16-6-4-11-25-16)21-18(23)15(12-20)19(22)24/h4,6-11,17,24H,2-3,5H2,1H3,(H,21,23). The van der Waals surface area contributed by atoms with Gasteiger partial charge in [-0.05, 0) is 42.0 Å². The molecule has 1 N–H and O–H groups in total. The van der Waals surface area contributed by atoms with E-state index < -0.39 is 0 Å². The van der Waals surface area contributed by atoms with Gasteiger partial charge in [-0.15, -0.1) is 24.0 Å². The molecule has 3 rings (SSSR count). The molecule has 0 radical (unpaired) electrons. The summed E-state index contributed by atoms with van der Waals surface area (Å²) in [5.74, 6) is -0.387. The number of nitrogens with zero attached hydrogens (tertiary/aromatic N) is 2. The molecule has 2 heterocycles. The lowest BCUT2D eigenvalue weighted by molar-refractivity contribution is -0.118. The maximum absolute atomic E-state index is 12.2. The van der Waals surface area contributed by atoms with Crippen molar-refractivity contribution in [2.75, 3.05) is 4.90 Å². The lowest BCUT2D eigenvalue weighted by Gasteiger charge is -2.37. The number of carbonyl (C=O) groups excluding carboxylic acids is 1. The highest BCUT2D eigenvalue weighted by Crippen LogP contribution is 2.37. The number of unbranched alkanes of at least 4 members (excludes halogenated alkanes) is 1. The fraction of sp³-hybridized carbons (Fsp3) is 0.263. The van der Waals surface area contributed by atoms with E-state index in [1.165, 1.54) is 5.56 Å². The summed E-state index contributed by atoms with van der Waals surface area (Å²) in [5.41, 5.74) is 2.21. The van der Waals surface area contributed by atoms with Gasteiger partial charge in [0.2, 0.25) is 0 Å². The van der Waals surface area contributed by atoms with Crippen LogP contribution in [-0.4, -0.2) is 5.91 Å². The monoisotopic (exact) mass is 369 g/mol. The van der Waals surface area contributed by atoms with Gasteiger partial charge < -0.3 is 10.2 Å². The Labute approximate surface area is 157 Å². The Morgan fingerprint density at radius 1 is 1.32 bits per heavy atom. The first kappa shape index (κ1) is 17.6. The minimum Gasteiger partial charge on any atom is -0.326 e. The summed E-state index contributed by atoms with van der Waals surface area (Å²) in [5, 5.41) is 14.6. The van der Waals surface area contributed by atoms with Crippen molar-refractivity contribution in [1.82, 2.24) is 5.32 Å². The maximum Gasteiger partial charge on any atom is 0.266 e. The average Bonchev–Trinajstić information content (AvgIpc) is 3.15. The number of amides is 1. The summed E-state index contributed by atoms with van der Waals surface area (Å²) in [6.45, 7) is 2.18. The Balaban J connectivity index is 2.00. The van der Waals surface area contributed by atoms with Crippen LogP contribution in [0.3, 0.4) is 0 Å². The molecule has 6 heteroatoms. The highest BCUT2D eigenvalue weighted by Gasteiger charge is 2.34. The zero-order chi connectivity index (χ0) is 17.8. The van der Waals surface area contributed by atoms with E-state index in [0.717, 1.165) is 29.8 Å². The van der Waals surface area contributed by atoms with Gasteiger partial charge in [-0.2, -0.15) is 5.26 Å². The van der Waals surface area contributed by atoms with Crippen molar-refractivity contribution in [3.8, 4) is 6.07 Å². The van der Waals surface area contributed by atoms with E-state index in [1.807, 2.05) is 40.6 Å². The first-order chi connectivity index (χ1) is 12.2. The molecule has 1 amide bonds. The van der Waals surface area contributed by atoms with E-state index in [2.05, 4.69) is 37.0 Å². The predicted octanol–water partition coefficient (Wildman–Crippen LogP) is 4.39. The van der Waals surface area contributed by atoms with Gasteiger partial charge in [-0.1, -0.05) is 31.5 Å². The molecule has 0 bridgehead atoms. The molecule has 0 saturated heterocycles. The number of thiol groups is 1. The first-order valence-electron chi connectivity index (χ1n) is 8.21. The maximum atomic E-state index is 12.2. The third-order valence-corrected chi connectivity index (χ3v) is 5.53. The average molecular weight is 370 g/mol. The van der Waals surface area contributed by atoms with Crippen LogP contribution in [0.25, 0.3) is 0 Å². The fourth-order valence-electron chi connectivity index (χ4n) is 2.83. The first-order valence-corrected chi connectivity index (χ1v) is 9.54. The molecular weight excluding hydrogens is 350 g/mol. The predicted molar refractivity (Wildman–Crippen MR) is 104 cm³/mol. The third-order valence-electron chi connectivity index (χ3n) is 4.16. The Morgan fingerprint density at radius 2 is 2.08 bits per heavy atom. The van der Waals surface area contributed by atoms with Crippen LogP contribution in [0.1, 0.15) is 36.4 Å². The Kier molecular flexibility index (Phi) is 5.47. The molecule has 25 heavy (non-hydrogen) atoms. The minimum atomic E-state index is -0.387. The van der Waals surface area contributed by atoms with Gasteiger partial charge in [0.15, 0.2) is 0 Å². The van der Waals surface area contributed by atoms with Crippen molar-refractivity contribution in [3.05, 3.63) is 62.8 Å². The molecule has 128 valence electrons. The van der Waals surface area contributed by atoms with Crippen LogP contribution in [0.5, 0.6) is 0 Å². The van der Waals surface area contributed by atoms with E-state index in [9.17, 15) is 10.1 Å². The molecule has 1 aromatic carbocycles. The molecule has 4 nitrogen and oxygen atoms in total.